The summed E-state index contributed by atoms with van der Waals surface area (Å²) in [4.78, 5) is 30.3. The van der Waals surface area contributed by atoms with E-state index >= 15 is 0 Å². The number of anilines is 1. The number of carbonyl (C=O) groups excluding carboxylic acids is 1. The Hall–Kier alpha value is -1.90. The van der Waals surface area contributed by atoms with Gasteiger partial charge >= 0.3 is 11.8 Å². The van der Waals surface area contributed by atoms with Crippen LogP contribution in [0.25, 0.3) is 0 Å². The molecule has 2 heterocycles. The number of rotatable bonds is 2. The van der Waals surface area contributed by atoms with Gasteiger partial charge in [0.2, 0.25) is 5.82 Å². The second-order valence-corrected chi connectivity index (χ2v) is 7.12. The lowest BCUT2D eigenvalue weighted by Gasteiger charge is -2.35. The Morgan fingerprint density at radius 2 is 1.96 bits per heavy atom. The Morgan fingerprint density at radius 1 is 1.35 bits per heavy atom. The summed E-state index contributed by atoms with van der Waals surface area (Å²) in [6, 6.07) is 1.43. The maximum atomic E-state index is 12.0. The van der Waals surface area contributed by atoms with Gasteiger partial charge in [-0.1, -0.05) is 0 Å². The van der Waals surface area contributed by atoms with E-state index < -0.39 is 10.5 Å². The smallest absolute Gasteiger partial charge is 0.410 e. The van der Waals surface area contributed by atoms with Crippen molar-refractivity contribution in [2.24, 2.45) is 0 Å². The second-order valence-electron chi connectivity index (χ2n) is 6.21. The van der Waals surface area contributed by atoms with Crippen molar-refractivity contribution in [3.8, 4) is 0 Å². The molecule has 0 spiro atoms. The Kier molecular flexibility index (Phi) is 5.08. The van der Waals surface area contributed by atoms with Crippen LogP contribution in [0, 0.1) is 10.1 Å². The predicted molar refractivity (Wildman–Crippen MR) is 88.6 cm³/mol. The largest absolute Gasteiger partial charge is 0.444 e. The molecule has 0 saturated carbocycles. The molecule has 126 valence electrons. The van der Waals surface area contributed by atoms with Crippen LogP contribution in [0.4, 0.5) is 16.3 Å². The zero-order valence-corrected chi connectivity index (χ0v) is 14.9. The lowest BCUT2D eigenvalue weighted by Crippen LogP contribution is -2.50. The Balaban J connectivity index is 2.05. The fourth-order valence-corrected chi connectivity index (χ4v) is 2.55. The quantitative estimate of drug-likeness (QED) is 0.573. The molecule has 1 fully saturated rings. The molecule has 8 nitrogen and oxygen atoms in total. The number of nitro groups is 1. The SMILES string of the molecule is CC(C)(C)OC(=O)N1CCN(c2ncc(Br)cc2[N+](=O)[O-])CC1. The molecule has 1 amide bonds. The summed E-state index contributed by atoms with van der Waals surface area (Å²) >= 11 is 3.19. The number of aromatic nitrogens is 1. The molecule has 1 aliphatic rings. The topological polar surface area (TPSA) is 88.8 Å². The van der Waals surface area contributed by atoms with Gasteiger partial charge in [-0.3, -0.25) is 10.1 Å². The van der Waals surface area contributed by atoms with E-state index in [1.165, 1.54) is 12.3 Å². The molecule has 1 saturated heterocycles. The number of ether oxygens (including phenoxy) is 1. The zero-order valence-electron chi connectivity index (χ0n) is 13.3. The minimum absolute atomic E-state index is 0.0508. The minimum Gasteiger partial charge on any atom is -0.444 e. The number of nitrogens with zero attached hydrogens (tertiary/aromatic N) is 4. The number of hydrogen-bond donors (Lipinski definition) is 0. The molecule has 2 rings (SSSR count). The number of hydrogen-bond acceptors (Lipinski definition) is 6. The van der Waals surface area contributed by atoms with Crippen LogP contribution in [0.15, 0.2) is 16.7 Å². The van der Waals surface area contributed by atoms with Crippen LogP contribution in [0.2, 0.25) is 0 Å². The first-order chi connectivity index (χ1) is 10.7. The van der Waals surface area contributed by atoms with Crippen molar-refractivity contribution in [1.29, 1.82) is 0 Å². The minimum atomic E-state index is -0.541. The Morgan fingerprint density at radius 3 is 2.48 bits per heavy atom. The second kappa shape index (κ2) is 6.69. The Labute approximate surface area is 142 Å². The molecular formula is C14H19BrN4O4. The highest BCUT2D eigenvalue weighted by atomic mass is 79.9. The van der Waals surface area contributed by atoms with E-state index in [0.29, 0.717) is 36.5 Å². The van der Waals surface area contributed by atoms with Gasteiger partial charge < -0.3 is 14.5 Å². The average molecular weight is 387 g/mol. The van der Waals surface area contributed by atoms with Crippen molar-refractivity contribution in [2.45, 2.75) is 26.4 Å². The highest BCUT2D eigenvalue weighted by molar-refractivity contribution is 9.10. The first kappa shape index (κ1) is 17.5. The van der Waals surface area contributed by atoms with E-state index in [4.69, 9.17) is 4.74 Å². The third-order valence-corrected chi connectivity index (χ3v) is 3.68. The van der Waals surface area contributed by atoms with Crippen LogP contribution in [-0.2, 0) is 4.74 Å². The molecule has 0 radical (unpaired) electrons. The molecule has 0 unspecified atom stereocenters. The van der Waals surface area contributed by atoms with Gasteiger partial charge in [0.25, 0.3) is 0 Å². The standard InChI is InChI=1S/C14H19BrN4O4/c1-14(2,3)23-13(20)18-6-4-17(5-7-18)12-11(19(21)22)8-10(15)9-16-12/h8-9H,4-7H2,1-3H3. The van der Waals surface area contributed by atoms with E-state index in [1.807, 2.05) is 25.7 Å². The summed E-state index contributed by atoms with van der Waals surface area (Å²) in [7, 11) is 0. The maximum absolute atomic E-state index is 12.0. The van der Waals surface area contributed by atoms with Gasteiger partial charge in [-0.25, -0.2) is 9.78 Å². The van der Waals surface area contributed by atoms with Gasteiger partial charge in [0, 0.05) is 42.9 Å². The fourth-order valence-electron chi connectivity index (χ4n) is 2.23. The summed E-state index contributed by atoms with van der Waals surface area (Å²) in [5.41, 5.74) is -0.592. The lowest BCUT2D eigenvalue weighted by molar-refractivity contribution is -0.384. The number of halogens is 1. The lowest BCUT2D eigenvalue weighted by atomic mass is 10.2. The molecule has 0 aliphatic carbocycles. The van der Waals surface area contributed by atoms with Gasteiger partial charge in [0.1, 0.15) is 5.60 Å². The van der Waals surface area contributed by atoms with Gasteiger partial charge in [0.15, 0.2) is 0 Å². The highest BCUT2D eigenvalue weighted by Gasteiger charge is 2.29. The molecule has 0 aromatic carbocycles. The molecule has 1 aliphatic heterocycles. The number of amides is 1. The van der Waals surface area contributed by atoms with E-state index in [-0.39, 0.29) is 11.8 Å². The fraction of sp³-hybridized carbons (Fsp3) is 0.571. The molecule has 1 aromatic heterocycles. The van der Waals surface area contributed by atoms with Gasteiger partial charge in [-0.05, 0) is 36.7 Å². The third kappa shape index (κ3) is 4.54. The van der Waals surface area contributed by atoms with Crippen molar-refractivity contribution >= 4 is 33.5 Å². The van der Waals surface area contributed by atoms with Crippen LogP contribution in [0.3, 0.4) is 0 Å². The zero-order chi connectivity index (χ0) is 17.2. The van der Waals surface area contributed by atoms with Crippen molar-refractivity contribution in [3.05, 3.63) is 26.9 Å². The molecule has 1 aromatic rings. The van der Waals surface area contributed by atoms with E-state index in [1.54, 1.807) is 4.90 Å². The number of pyridine rings is 1. The van der Waals surface area contributed by atoms with Crippen molar-refractivity contribution in [3.63, 3.8) is 0 Å². The number of piperazine rings is 1. The summed E-state index contributed by atoms with van der Waals surface area (Å²) in [6.45, 7) is 7.25. The van der Waals surface area contributed by atoms with Crippen LogP contribution in [0.1, 0.15) is 20.8 Å². The summed E-state index contributed by atoms with van der Waals surface area (Å²) < 4.78 is 5.89. The van der Waals surface area contributed by atoms with Crippen LogP contribution in [-0.4, -0.2) is 52.7 Å². The maximum Gasteiger partial charge on any atom is 0.410 e. The first-order valence-electron chi connectivity index (χ1n) is 7.20. The molecular weight excluding hydrogens is 368 g/mol. The van der Waals surface area contributed by atoms with E-state index in [2.05, 4.69) is 20.9 Å². The van der Waals surface area contributed by atoms with Crippen molar-refractivity contribution in [1.82, 2.24) is 9.88 Å². The molecule has 0 bridgehead atoms. The van der Waals surface area contributed by atoms with Gasteiger partial charge in [0.05, 0.1) is 4.92 Å². The molecule has 23 heavy (non-hydrogen) atoms. The number of carbonyl (C=O) groups is 1. The summed E-state index contributed by atoms with van der Waals surface area (Å²) in [5, 5.41) is 11.2. The first-order valence-corrected chi connectivity index (χ1v) is 7.99. The summed E-state index contributed by atoms with van der Waals surface area (Å²) in [5.74, 6) is 0.321. The average Bonchev–Trinajstić information content (AvgIpc) is 2.45. The van der Waals surface area contributed by atoms with Gasteiger partial charge in [-0.2, -0.15) is 0 Å². The molecule has 9 heteroatoms. The monoisotopic (exact) mass is 386 g/mol. The van der Waals surface area contributed by atoms with Crippen LogP contribution in [0.5, 0.6) is 0 Å². The summed E-state index contributed by atoms with van der Waals surface area (Å²) in [6.07, 6.45) is 1.16. The predicted octanol–water partition coefficient (Wildman–Crippen LogP) is 2.81. The van der Waals surface area contributed by atoms with Crippen molar-refractivity contribution in [2.75, 3.05) is 31.1 Å². The molecule has 0 N–H and O–H groups in total. The third-order valence-electron chi connectivity index (χ3n) is 3.24. The normalized spacial score (nSPS) is 15.5. The van der Waals surface area contributed by atoms with Crippen LogP contribution < -0.4 is 4.90 Å². The van der Waals surface area contributed by atoms with Gasteiger partial charge in [-0.15, -0.1) is 0 Å². The van der Waals surface area contributed by atoms with E-state index in [0.717, 1.165) is 0 Å². The van der Waals surface area contributed by atoms with Crippen molar-refractivity contribution < 1.29 is 14.5 Å². The van der Waals surface area contributed by atoms with Crippen LogP contribution >= 0.6 is 15.9 Å². The highest BCUT2D eigenvalue weighted by Crippen LogP contribution is 2.29. The Bertz CT molecular complexity index is 609. The molecule has 0 atom stereocenters. The van der Waals surface area contributed by atoms with E-state index in [9.17, 15) is 14.9 Å².